The Balaban J connectivity index is 1.66. The molecular weight excluding hydrogens is 494 g/mol. The van der Waals surface area contributed by atoms with Gasteiger partial charge in [-0.1, -0.05) is 52.8 Å². The lowest BCUT2D eigenvalue weighted by Crippen LogP contribution is -2.38. The SMILES string of the molecule is CCn1c(=O)sc2cc(NC(=O)CN(c3ccccc3Cl)S(=O)(=O)c3ccc(C)cc3)ccc21. The average molecular weight is 516 g/mol. The highest BCUT2D eigenvalue weighted by atomic mass is 35.5. The summed E-state index contributed by atoms with van der Waals surface area (Å²) in [5, 5.41) is 2.95. The molecule has 0 spiro atoms. The van der Waals surface area contributed by atoms with E-state index in [1.807, 2.05) is 13.8 Å². The number of halogens is 1. The van der Waals surface area contributed by atoms with Gasteiger partial charge in [-0.25, -0.2) is 8.42 Å². The normalized spacial score (nSPS) is 11.5. The Labute approximate surface area is 206 Å². The highest BCUT2D eigenvalue weighted by Gasteiger charge is 2.28. The molecule has 0 atom stereocenters. The number of nitrogens with zero attached hydrogens (tertiary/aromatic N) is 2. The quantitative estimate of drug-likeness (QED) is 0.380. The van der Waals surface area contributed by atoms with Gasteiger partial charge in [0.25, 0.3) is 10.0 Å². The van der Waals surface area contributed by atoms with Crippen molar-refractivity contribution in [2.75, 3.05) is 16.2 Å². The zero-order valence-corrected chi connectivity index (χ0v) is 20.9. The van der Waals surface area contributed by atoms with Crippen LogP contribution in [0.25, 0.3) is 10.2 Å². The first kappa shape index (κ1) is 24.0. The van der Waals surface area contributed by atoms with Gasteiger partial charge in [0.2, 0.25) is 5.91 Å². The summed E-state index contributed by atoms with van der Waals surface area (Å²) in [7, 11) is -4.08. The molecule has 1 amide bonds. The maximum atomic E-state index is 13.5. The predicted molar refractivity (Wildman–Crippen MR) is 138 cm³/mol. The fourth-order valence-corrected chi connectivity index (χ4v) is 6.29. The standard InChI is InChI=1S/C24H22ClN3O4S2/c1-3-27-21-13-10-17(14-22(21)33-24(27)30)26-23(29)15-28(20-7-5-4-6-19(20)25)34(31,32)18-11-8-16(2)9-12-18/h4-14H,3,15H2,1-2H3,(H,26,29). The third-order valence-electron chi connectivity index (χ3n) is 5.29. The zero-order chi connectivity index (χ0) is 24.5. The first-order valence-electron chi connectivity index (χ1n) is 10.5. The van der Waals surface area contributed by atoms with Crippen LogP contribution in [0.15, 0.2) is 76.4 Å². The molecule has 0 aliphatic carbocycles. The molecule has 0 unspecified atom stereocenters. The van der Waals surface area contributed by atoms with E-state index in [4.69, 9.17) is 11.6 Å². The van der Waals surface area contributed by atoms with Gasteiger partial charge in [-0.15, -0.1) is 0 Å². The second-order valence-electron chi connectivity index (χ2n) is 7.62. The van der Waals surface area contributed by atoms with Crippen molar-refractivity contribution in [3.63, 3.8) is 0 Å². The summed E-state index contributed by atoms with van der Waals surface area (Å²) in [6, 6.07) is 18.0. The minimum absolute atomic E-state index is 0.0536. The van der Waals surface area contributed by atoms with E-state index >= 15 is 0 Å². The van der Waals surface area contributed by atoms with Gasteiger partial charge in [0, 0.05) is 12.2 Å². The highest BCUT2D eigenvalue weighted by molar-refractivity contribution is 7.92. The molecule has 0 saturated carbocycles. The van der Waals surface area contributed by atoms with Gasteiger partial charge < -0.3 is 5.32 Å². The molecule has 7 nitrogen and oxygen atoms in total. The summed E-state index contributed by atoms with van der Waals surface area (Å²) in [6.45, 7) is 3.82. The number of anilines is 2. The molecule has 176 valence electrons. The Kier molecular flexibility index (Phi) is 6.79. The van der Waals surface area contributed by atoms with Crippen molar-refractivity contribution >= 4 is 60.5 Å². The van der Waals surface area contributed by atoms with Gasteiger partial charge in [0.05, 0.1) is 25.8 Å². The van der Waals surface area contributed by atoms with Crippen molar-refractivity contribution in [3.8, 4) is 0 Å². The number of amides is 1. The molecule has 3 aromatic carbocycles. The maximum Gasteiger partial charge on any atom is 0.308 e. The summed E-state index contributed by atoms with van der Waals surface area (Å²) in [4.78, 5) is 25.1. The molecule has 1 aromatic heterocycles. The monoisotopic (exact) mass is 515 g/mol. The molecule has 0 bridgehead atoms. The number of thiazole rings is 1. The Hall–Kier alpha value is -3.14. The lowest BCUT2D eigenvalue weighted by atomic mass is 10.2. The van der Waals surface area contributed by atoms with E-state index in [2.05, 4.69) is 5.32 Å². The van der Waals surface area contributed by atoms with Crippen LogP contribution < -0.4 is 14.5 Å². The third-order valence-corrected chi connectivity index (χ3v) is 8.32. The van der Waals surface area contributed by atoms with Crippen molar-refractivity contribution in [2.45, 2.75) is 25.3 Å². The van der Waals surface area contributed by atoms with Crippen molar-refractivity contribution in [1.29, 1.82) is 0 Å². The van der Waals surface area contributed by atoms with Crippen LogP contribution in [0.5, 0.6) is 0 Å². The molecule has 0 aliphatic heterocycles. The van der Waals surface area contributed by atoms with Gasteiger partial charge in [-0.2, -0.15) is 0 Å². The molecule has 0 saturated heterocycles. The zero-order valence-electron chi connectivity index (χ0n) is 18.5. The maximum absolute atomic E-state index is 13.5. The third kappa shape index (κ3) is 4.72. The van der Waals surface area contributed by atoms with Crippen molar-refractivity contribution in [3.05, 3.63) is 87.0 Å². The molecule has 34 heavy (non-hydrogen) atoms. The van der Waals surface area contributed by atoms with Gasteiger partial charge in [-0.05, 0) is 56.3 Å². The highest BCUT2D eigenvalue weighted by Crippen LogP contribution is 2.30. The summed E-state index contributed by atoms with van der Waals surface area (Å²) in [6.07, 6.45) is 0. The van der Waals surface area contributed by atoms with E-state index in [9.17, 15) is 18.0 Å². The molecule has 0 fully saturated rings. The smallest absolute Gasteiger partial charge is 0.308 e. The first-order valence-corrected chi connectivity index (χ1v) is 13.1. The molecule has 1 N–H and O–H groups in total. The number of para-hydroxylation sites is 1. The molecule has 4 aromatic rings. The number of benzene rings is 3. The molecule has 0 radical (unpaired) electrons. The van der Waals surface area contributed by atoms with Crippen LogP contribution in [0.3, 0.4) is 0 Å². The summed E-state index contributed by atoms with van der Waals surface area (Å²) in [5.41, 5.74) is 2.37. The number of rotatable bonds is 7. The van der Waals surface area contributed by atoms with E-state index < -0.39 is 22.5 Å². The van der Waals surface area contributed by atoms with E-state index in [0.29, 0.717) is 12.2 Å². The lowest BCUT2D eigenvalue weighted by molar-refractivity contribution is -0.114. The largest absolute Gasteiger partial charge is 0.324 e. The number of fused-ring (bicyclic) bond motifs is 1. The van der Waals surface area contributed by atoms with Crippen LogP contribution in [0.1, 0.15) is 12.5 Å². The fraction of sp³-hybridized carbons (Fsp3) is 0.167. The fourth-order valence-electron chi connectivity index (χ4n) is 3.57. The number of nitrogens with one attached hydrogen (secondary N) is 1. The first-order chi connectivity index (χ1) is 16.2. The number of hydrogen-bond acceptors (Lipinski definition) is 5. The van der Waals surface area contributed by atoms with E-state index in [1.165, 1.54) is 12.1 Å². The van der Waals surface area contributed by atoms with E-state index in [0.717, 1.165) is 31.4 Å². The number of carbonyl (C=O) groups is 1. The number of carbonyl (C=O) groups excluding carboxylic acids is 1. The van der Waals surface area contributed by atoms with Crippen molar-refractivity contribution in [2.24, 2.45) is 0 Å². The summed E-state index contributed by atoms with van der Waals surface area (Å²) < 4.78 is 30.4. The Morgan fingerprint density at radius 1 is 1.09 bits per heavy atom. The molecule has 1 heterocycles. The van der Waals surface area contributed by atoms with Crippen molar-refractivity contribution in [1.82, 2.24) is 4.57 Å². The van der Waals surface area contributed by atoms with E-state index in [1.54, 1.807) is 59.2 Å². The number of hydrogen-bond donors (Lipinski definition) is 1. The number of aryl methyl sites for hydroxylation is 2. The minimum Gasteiger partial charge on any atom is -0.324 e. The Bertz CT molecular complexity index is 1530. The molecule has 10 heteroatoms. The average Bonchev–Trinajstić information content (AvgIpc) is 3.12. The Morgan fingerprint density at radius 2 is 1.79 bits per heavy atom. The van der Waals surface area contributed by atoms with Gasteiger partial charge in [-0.3, -0.25) is 18.5 Å². The van der Waals surface area contributed by atoms with Crippen LogP contribution in [0, 0.1) is 6.92 Å². The van der Waals surface area contributed by atoms with Crippen LogP contribution in [-0.2, 0) is 21.4 Å². The van der Waals surface area contributed by atoms with Crippen LogP contribution >= 0.6 is 22.9 Å². The molecular formula is C24H22ClN3O4S2. The summed E-state index contributed by atoms with van der Waals surface area (Å²) >= 11 is 7.40. The molecule has 4 rings (SSSR count). The van der Waals surface area contributed by atoms with Gasteiger partial charge >= 0.3 is 4.87 Å². The second-order valence-corrected chi connectivity index (χ2v) is 10.9. The number of sulfonamides is 1. The van der Waals surface area contributed by atoms with Crippen LogP contribution in [0.4, 0.5) is 11.4 Å². The second kappa shape index (κ2) is 9.61. The van der Waals surface area contributed by atoms with Gasteiger partial charge in [0.15, 0.2) is 0 Å². The van der Waals surface area contributed by atoms with Crippen LogP contribution in [0.2, 0.25) is 5.02 Å². The Morgan fingerprint density at radius 3 is 2.47 bits per heavy atom. The topological polar surface area (TPSA) is 88.5 Å². The van der Waals surface area contributed by atoms with E-state index in [-0.39, 0.29) is 20.5 Å². The molecule has 0 aliphatic rings. The summed E-state index contributed by atoms with van der Waals surface area (Å²) in [5.74, 6) is -0.544. The van der Waals surface area contributed by atoms with Gasteiger partial charge in [0.1, 0.15) is 6.54 Å². The lowest BCUT2D eigenvalue weighted by Gasteiger charge is -2.25. The van der Waals surface area contributed by atoms with Crippen molar-refractivity contribution < 1.29 is 13.2 Å². The van der Waals surface area contributed by atoms with Crippen LogP contribution in [-0.4, -0.2) is 25.4 Å². The number of aromatic nitrogens is 1. The minimum atomic E-state index is -4.08. The predicted octanol–water partition coefficient (Wildman–Crippen LogP) is 4.88.